The predicted molar refractivity (Wildman–Crippen MR) is 140 cm³/mol. The van der Waals surface area contributed by atoms with Crippen LogP contribution < -0.4 is 14.8 Å². The minimum Gasteiger partial charge on any atom is -0.493 e. The largest absolute Gasteiger partial charge is 0.493 e. The predicted octanol–water partition coefficient (Wildman–Crippen LogP) is 7.11. The molecule has 4 rings (SSSR count). The zero-order valence-electron chi connectivity index (χ0n) is 20.9. The van der Waals surface area contributed by atoms with Crippen molar-refractivity contribution in [2.75, 3.05) is 13.7 Å². The Morgan fingerprint density at radius 3 is 2.35 bits per heavy atom. The third-order valence-corrected chi connectivity index (χ3v) is 6.71. The van der Waals surface area contributed by atoms with Crippen LogP contribution in [0.1, 0.15) is 27.8 Å². The smallest absolute Gasteiger partial charge is 0.416 e. The van der Waals surface area contributed by atoms with Crippen molar-refractivity contribution >= 4 is 28.9 Å². The molecular weight excluding hydrogens is 558 g/mol. The number of hydrogen-bond donors (Lipinski definition) is 1. The minimum atomic E-state index is -5.01. The number of methoxy groups -OCH3 is 1. The highest BCUT2D eigenvalue weighted by Gasteiger charge is 2.38. The molecule has 3 aromatic carbocycles. The molecule has 0 bridgehead atoms. The Hall–Kier alpha value is -3.93. The van der Waals surface area contributed by atoms with Crippen molar-refractivity contribution in [2.24, 2.45) is 4.99 Å². The molecule has 40 heavy (non-hydrogen) atoms. The molecule has 0 spiro atoms. The Morgan fingerprint density at radius 2 is 1.68 bits per heavy atom. The molecule has 210 valence electrons. The molecule has 1 heterocycles. The minimum absolute atomic E-state index is 0.0638. The summed E-state index contributed by atoms with van der Waals surface area (Å²) in [4.78, 5) is 16.7. The Labute approximate surface area is 229 Å². The summed E-state index contributed by atoms with van der Waals surface area (Å²) in [7, 11) is 1.33. The summed E-state index contributed by atoms with van der Waals surface area (Å²) in [5.41, 5.74) is -1.62. The first-order valence-electron chi connectivity index (χ1n) is 11.8. The number of ether oxygens (including phenoxy) is 2. The second-order valence-corrected chi connectivity index (χ2v) is 9.59. The zero-order chi connectivity index (χ0) is 28.9. The number of amidine groups is 1. The van der Waals surface area contributed by atoms with Gasteiger partial charge >= 0.3 is 12.4 Å². The van der Waals surface area contributed by atoms with Crippen LogP contribution in [0, 0.1) is 0 Å². The average Bonchev–Trinajstić information content (AvgIpc) is 3.25. The van der Waals surface area contributed by atoms with Crippen LogP contribution in [0.5, 0.6) is 11.5 Å². The van der Waals surface area contributed by atoms with Gasteiger partial charge in [0.05, 0.1) is 23.1 Å². The second-order valence-electron chi connectivity index (χ2n) is 8.56. The number of nitrogens with one attached hydrogen (secondary N) is 1. The van der Waals surface area contributed by atoms with Crippen molar-refractivity contribution in [3.8, 4) is 11.5 Å². The normalized spacial score (nSPS) is 14.8. The molecule has 0 fully saturated rings. The van der Waals surface area contributed by atoms with Crippen molar-refractivity contribution in [1.29, 1.82) is 0 Å². The van der Waals surface area contributed by atoms with Gasteiger partial charge in [0.15, 0.2) is 16.7 Å². The van der Waals surface area contributed by atoms with Crippen molar-refractivity contribution in [2.45, 2.75) is 25.4 Å². The molecule has 0 saturated heterocycles. The Bertz CT molecular complexity index is 1440. The number of carbonyl (C=O) groups excluding carboxylic acids is 1. The number of aliphatic imine (C=N–C) groups is 1. The fraction of sp³-hybridized carbons (Fsp3) is 0.214. The van der Waals surface area contributed by atoms with Crippen LogP contribution in [-0.2, 0) is 30.2 Å². The lowest BCUT2D eigenvalue weighted by Gasteiger charge is -2.17. The van der Waals surface area contributed by atoms with E-state index in [-0.39, 0.29) is 17.6 Å². The van der Waals surface area contributed by atoms with Crippen molar-refractivity contribution in [3.63, 3.8) is 0 Å². The van der Waals surface area contributed by atoms with Gasteiger partial charge in [0.25, 0.3) is 5.91 Å². The molecule has 3 aromatic rings. The zero-order valence-corrected chi connectivity index (χ0v) is 21.7. The Kier molecular flexibility index (Phi) is 8.77. The fourth-order valence-corrected chi connectivity index (χ4v) is 4.62. The molecule has 0 atom stereocenters. The number of benzene rings is 3. The number of rotatable bonds is 8. The van der Waals surface area contributed by atoms with Crippen LogP contribution in [0.4, 0.5) is 26.3 Å². The van der Waals surface area contributed by atoms with E-state index in [1.807, 2.05) is 30.3 Å². The number of nitrogens with zero attached hydrogens (tertiary/aromatic N) is 1. The van der Waals surface area contributed by atoms with Gasteiger partial charge in [-0.1, -0.05) is 42.5 Å². The van der Waals surface area contributed by atoms with Gasteiger partial charge in [0.1, 0.15) is 6.61 Å². The molecule has 1 aliphatic rings. The third kappa shape index (κ3) is 7.38. The van der Waals surface area contributed by atoms with Gasteiger partial charge in [-0.3, -0.25) is 4.79 Å². The molecule has 1 amide bonds. The SMILES string of the molecule is COc1cc(C=C2SC(NCCc3ccccc3)=NC2=O)ccc1OCc1ccc(C(F)(F)F)cc1C(F)(F)F. The molecule has 1 aliphatic heterocycles. The number of alkyl halides is 6. The van der Waals surface area contributed by atoms with Gasteiger partial charge < -0.3 is 14.8 Å². The summed E-state index contributed by atoms with van der Waals surface area (Å²) < 4.78 is 89.9. The van der Waals surface area contributed by atoms with E-state index in [9.17, 15) is 31.1 Å². The highest BCUT2D eigenvalue weighted by Crippen LogP contribution is 2.38. The van der Waals surface area contributed by atoms with Gasteiger partial charge in [-0.2, -0.15) is 31.3 Å². The van der Waals surface area contributed by atoms with Gasteiger partial charge in [-0.25, -0.2) is 0 Å². The molecule has 0 saturated carbocycles. The van der Waals surface area contributed by atoms with Crippen LogP contribution in [-0.4, -0.2) is 24.7 Å². The van der Waals surface area contributed by atoms with Gasteiger partial charge in [0, 0.05) is 12.1 Å². The van der Waals surface area contributed by atoms with Crippen LogP contribution in [0.15, 0.2) is 76.6 Å². The lowest BCUT2D eigenvalue weighted by Crippen LogP contribution is -2.21. The Balaban J connectivity index is 1.43. The monoisotopic (exact) mass is 580 g/mol. The van der Waals surface area contributed by atoms with E-state index in [1.54, 1.807) is 12.1 Å². The maximum absolute atomic E-state index is 13.4. The molecular formula is C28H22F6N2O3S. The number of carbonyl (C=O) groups is 1. The quantitative estimate of drug-likeness (QED) is 0.227. The van der Waals surface area contributed by atoms with Crippen LogP contribution in [0.3, 0.4) is 0 Å². The molecule has 1 N–H and O–H groups in total. The first kappa shape index (κ1) is 29.1. The van der Waals surface area contributed by atoms with E-state index in [4.69, 9.17) is 9.47 Å². The number of thioether (sulfide) groups is 1. The number of halogens is 6. The highest BCUT2D eigenvalue weighted by atomic mass is 32.2. The van der Waals surface area contributed by atoms with Crippen molar-refractivity contribution in [1.82, 2.24) is 5.32 Å². The summed E-state index contributed by atoms with van der Waals surface area (Å²) in [6.45, 7) is -0.0603. The second kappa shape index (κ2) is 12.1. The molecule has 0 radical (unpaired) electrons. The summed E-state index contributed by atoms with van der Waals surface area (Å²) in [5, 5.41) is 3.60. The number of amides is 1. The van der Waals surface area contributed by atoms with Gasteiger partial charge in [-0.15, -0.1) is 0 Å². The highest BCUT2D eigenvalue weighted by molar-refractivity contribution is 8.18. The average molecular weight is 581 g/mol. The maximum atomic E-state index is 13.4. The topological polar surface area (TPSA) is 59.9 Å². The van der Waals surface area contributed by atoms with E-state index in [1.165, 1.54) is 31.0 Å². The van der Waals surface area contributed by atoms with E-state index in [2.05, 4.69) is 10.3 Å². The van der Waals surface area contributed by atoms with E-state index < -0.39 is 41.6 Å². The van der Waals surface area contributed by atoms with Crippen molar-refractivity contribution < 1.29 is 40.6 Å². The van der Waals surface area contributed by atoms with Crippen LogP contribution in [0.25, 0.3) is 6.08 Å². The summed E-state index contributed by atoms with van der Waals surface area (Å²) in [6.07, 6.45) is -7.59. The molecule has 0 aliphatic carbocycles. The fourth-order valence-electron chi connectivity index (χ4n) is 3.79. The summed E-state index contributed by atoms with van der Waals surface area (Å²) in [6, 6.07) is 15.7. The first-order valence-corrected chi connectivity index (χ1v) is 12.6. The van der Waals surface area contributed by atoms with Crippen LogP contribution in [0.2, 0.25) is 0 Å². The van der Waals surface area contributed by atoms with Gasteiger partial charge in [0.2, 0.25) is 0 Å². The lowest BCUT2D eigenvalue weighted by molar-refractivity contribution is -0.143. The van der Waals surface area contributed by atoms with Crippen LogP contribution >= 0.6 is 11.8 Å². The van der Waals surface area contributed by atoms with E-state index in [0.29, 0.717) is 28.2 Å². The molecule has 5 nitrogen and oxygen atoms in total. The van der Waals surface area contributed by atoms with Crippen molar-refractivity contribution in [3.05, 3.63) is 99.5 Å². The van der Waals surface area contributed by atoms with Gasteiger partial charge in [-0.05, 0) is 59.7 Å². The molecule has 0 unspecified atom stereocenters. The summed E-state index contributed by atoms with van der Waals surface area (Å²) >= 11 is 1.17. The molecule has 12 heteroatoms. The standard InChI is InChI=1S/C28H22F6N2O3S/c1-38-23-13-18(14-24-25(37)36-26(40-24)35-12-11-17-5-3-2-4-6-17)7-10-22(23)39-16-19-8-9-20(27(29,30)31)15-21(19)28(32,33)34/h2-10,13-15H,11-12,16H2,1H3,(H,35,36,37). The number of hydrogen-bond acceptors (Lipinski definition) is 5. The lowest BCUT2D eigenvalue weighted by atomic mass is 10.0. The molecule has 0 aromatic heterocycles. The van der Waals surface area contributed by atoms with E-state index >= 15 is 0 Å². The Morgan fingerprint density at radius 1 is 0.925 bits per heavy atom. The third-order valence-electron chi connectivity index (χ3n) is 5.76. The van der Waals surface area contributed by atoms with E-state index in [0.717, 1.165) is 18.1 Å². The summed E-state index contributed by atoms with van der Waals surface area (Å²) in [5.74, 6) is -0.191. The first-order chi connectivity index (χ1) is 18.9. The maximum Gasteiger partial charge on any atom is 0.416 e.